The monoisotopic (exact) mass is 159 g/mol. The standard InChI is InChI=1S/C12H15/c1-2-5-11(6-3-1)7-4-8-12-9-10-12/h1-3,5-7,12H,4,8-10H2. The molecule has 0 unspecified atom stereocenters. The molecule has 63 valence electrons. The third kappa shape index (κ3) is 2.37. The fourth-order valence-corrected chi connectivity index (χ4v) is 1.48. The largest absolute Gasteiger partial charge is 0.0622 e. The van der Waals surface area contributed by atoms with Crippen LogP contribution >= 0.6 is 0 Å². The van der Waals surface area contributed by atoms with Crippen LogP contribution in [0.4, 0.5) is 0 Å². The molecule has 1 fully saturated rings. The van der Waals surface area contributed by atoms with Crippen LogP contribution in [0.15, 0.2) is 30.3 Å². The molecule has 0 heterocycles. The maximum absolute atomic E-state index is 2.35. The average Bonchev–Trinajstić information content (AvgIpc) is 2.90. The lowest BCUT2D eigenvalue weighted by Crippen LogP contribution is -1.82. The van der Waals surface area contributed by atoms with Gasteiger partial charge >= 0.3 is 0 Å². The van der Waals surface area contributed by atoms with Crippen LogP contribution in [0.5, 0.6) is 0 Å². The van der Waals surface area contributed by atoms with Gasteiger partial charge in [0.2, 0.25) is 0 Å². The minimum absolute atomic E-state index is 1.06. The molecule has 2 rings (SSSR count). The van der Waals surface area contributed by atoms with Gasteiger partial charge in [0, 0.05) is 0 Å². The van der Waals surface area contributed by atoms with Gasteiger partial charge in [0.05, 0.1) is 0 Å². The van der Waals surface area contributed by atoms with Crippen LogP contribution in [0.3, 0.4) is 0 Å². The predicted octanol–water partition coefficient (Wildman–Crippen LogP) is 3.43. The lowest BCUT2D eigenvalue weighted by Gasteiger charge is -1.98. The fraction of sp³-hybridized carbons (Fsp3) is 0.417. The second kappa shape index (κ2) is 3.75. The SMILES string of the molecule is [CH](CCC1CC1)c1ccccc1. The zero-order valence-electron chi connectivity index (χ0n) is 7.37. The van der Waals surface area contributed by atoms with Gasteiger partial charge < -0.3 is 0 Å². The van der Waals surface area contributed by atoms with Gasteiger partial charge in [-0.3, -0.25) is 0 Å². The second-order valence-electron chi connectivity index (χ2n) is 3.64. The molecule has 1 radical (unpaired) electrons. The molecular weight excluding hydrogens is 144 g/mol. The molecule has 1 aromatic rings. The Labute approximate surface area is 74.6 Å². The molecule has 0 aromatic heterocycles. The molecule has 0 aliphatic heterocycles. The Morgan fingerprint density at radius 2 is 1.92 bits per heavy atom. The van der Waals surface area contributed by atoms with Gasteiger partial charge in [0.1, 0.15) is 0 Å². The van der Waals surface area contributed by atoms with Crippen LogP contribution in [0.25, 0.3) is 0 Å². The van der Waals surface area contributed by atoms with E-state index in [-0.39, 0.29) is 0 Å². The van der Waals surface area contributed by atoms with Gasteiger partial charge in [-0.2, -0.15) is 0 Å². The number of benzene rings is 1. The van der Waals surface area contributed by atoms with E-state index in [1.54, 1.807) is 0 Å². The van der Waals surface area contributed by atoms with Crippen LogP contribution in [0.1, 0.15) is 31.2 Å². The Balaban J connectivity index is 1.72. The number of hydrogen-bond acceptors (Lipinski definition) is 0. The summed E-state index contributed by atoms with van der Waals surface area (Å²) in [5, 5.41) is 0. The van der Waals surface area contributed by atoms with Crippen molar-refractivity contribution in [2.75, 3.05) is 0 Å². The minimum atomic E-state index is 1.06. The molecule has 1 aliphatic rings. The van der Waals surface area contributed by atoms with E-state index in [0.29, 0.717) is 0 Å². The highest BCUT2D eigenvalue weighted by molar-refractivity contribution is 5.22. The normalized spacial score (nSPS) is 16.3. The van der Waals surface area contributed by atoms with E-state index in [9.17, 15) is 0 Å². The summed E-state index contributed by atoms with van der Waals surface area (Å²) in [6.45, 7) is 0. The zero-order valence-corrected chi connectivity index (χ0v) is 7.37. The molecule has 0 spiro atoms. The third-order valence-corrected chi connectivity index (χ3v) is 2.45. The van der Waals surface area contributed by atoms with E-state index in [1.165, 1.54) is 31.2 Å². The maximum Gasteiger partial charge on any atom is -0.00930 e. The van der Waals surface area contributed by atoms with Gasteiger partial charge in [-0.25, -0.2) is 0 Å². The zero-order chi connectivity index (χ0) is 8.23. The maximum atomic E-state index is 2.35. The number of hydrogen-bond donors (Lipinski definition) is 0. The van der Waals surface area contributed by atoms with E-state index >= 15 is 0 Å². The van der Waals surface area contributed by atoms with E-state index in [4.69, 9.17) is 0 Å². The smallest absolute Gasteiger partial charge is 0.00930 e. The van der Waals surface area contributed by atoms with Crippen LogP contribution in [0, 0.1) is 12.3 Å². The van der Waals surface area contributed by atoms with E-state index in [1.807, 2.05) is 0 Å². The molecule has 1 aliphatic carbocycles. The van der Waals surface area contributed by atoms with Gasteiger partial charge in [-0.05, 0) is 30.7 Å². The minimum Gasteiger partial charge on any atom is -0.0622 e. The quantitative estimate of drug-likeness (QED) is 0.631. The second-order valence-corrected chi connectivity index (χ2v) is 3.64. The topological polar surface area (TPSA) is 0 Å². The highest BCUT2D eigenvalue weighted by Crippen LogP contribution is 2.34. The van der Waals surface area contributed by atoms with Crippen molar-refractivity contribution in [3.8, 4) is 0 Å². The Hall–Kier alpha value is -0.780. The average molecular weight is 159 g/mol. The van der Waals surface area contributed by atoms with Crippen LogP contribution in [0.2, 0.25) is 0 Å². The Morgan fingerprint density at radius 3 is 2.58 bits per heavy atom. The summed E-state index contributed by atoms with van der Waals surface area (Å²) in [4.78, 5) is 0. The first kappa shape index (κ1) is 7.85. The number of rotatable bonds is 4. The molecule has 1 saturated carbocycles. The highest BCUT2D eigenvalue weighted by Gasteiger charge is 2.19. The first-order valence-electron chi connectivity index (χ1n) is 4.83. The summed E-state index contributed by atoms with van der Waals surface area (Å²) < 4.78 is 0. The van der Waals surface area contributed by atoms with Crippen molar-refractivity contribution in [2.24, 2.45) is 5.92 Å². The lowest BCUT2D eigenvalue weighted by atomic mass is 10.1. The fourth-order valence-electron chi connectivity index (χ4n) is 1.48. The van der Waals surface area contributed by atoms with Crippen molar-refractivity contribution in [1.29, 1.82) is 0 Å². The van der Waals surface area contributed by atoms with Crippen molar-refractivity contribution in [3.05, 3.63) is 42.3 Å². The summed E-state index contributed by atoms with van der Waals surface area (Å²) in [6, 6.07) is 10.6. The van der Waals surface area contributed by atoms with Gasteiger partial charge in [-0.1, -0.05) is 43.2 Å². The molecule has 1 aromatic carbocycles. The van der Waals surface area contributed by atoms with E-state index in [2.05, 4.69) is 36.8 Å². The molecule has 0 nitrogen and oxygen atoms in total. The van der Waals surface area contributed by atoms with E-state index in [0.717, 1.165) is 5.92 Å². The van der Waals surface area contributed by atoms with Crippen LogP contribution in [-0.4, -0.2) is 0 Å². The highest BCUT2D eigenvalue weighted by atomic mass is 14.3. The molecule has 12 heavy (non-hydrogen) atoms. The Bertz CT molecular complexity index is 221. The van der Waals surface area contributed by atoms with Crippen molar-refractivity contribution in [1.82, 2.24) is 0 Å². The van der Waals surface area contributed by atoms with Crippen LogP contribution in [-0.2, 0) is 0 Å². The molecular formula is C12H15. The van der Waals surface area contributed by atoms with Crippen LogP contribution < -0.4 is 0 Å². The Morgan fingerprint density at radius 1 is 1.17 bits per heavy atom. The molecule has 0 bridgehead atoms. The van der Waals surface area contributed by atoms with Crippen molar-refractivity contribution in [2.45, 2.75) is 25.7 Å². The van der Waals surface area contributed by atoms with Crippen molar-refractivity contribution in [3.63, 3.8) is 0 Å². The van der Waals surface area contributed by atoms with Crippen molar-refractivity contribution >= 4 is 0 Å². The molecule has 0 saturated heterocycles. The summed E-state index contributed by atoms with van der Waals surface area (Å²) in [7, 11) is 0. The summed E-state index contributed by atoms with van der Waals surface area (Å²) >= 11 is 0. The summed E-state index contributed by atoms with van der Waals surface area (Å²) in [5.74, 6) is 1.06. The molecule has 0 amide bonds. The summed E-state index contributed by atoms with van der Waals surface area (Å²) in [6.07, 6.45) is 7.95. The lowest BCUT2D eigenvalue weighted by molar-refractivity contribution is 0.724. The first-order valence-corrected chi connectivity index (χ1v) is 4.83. The Kier molecular flexibility index (Phi) is 2.45. The predicted molar refractivity (Wildman–Crippen MR) is 51.8 cm³/mol. The summed E-state index contributed by atoms with van der Waals surface area (Å²) in [5.41, 5.74) is 1.37. The molecule has 0 N–H and O–H groups in total. The van der Waals surface area contributed by atoms with Crippen molar-refractivity contribution < 1.29 is 0 Å². The molecule has 0 heteroatoms. The first-order chi connectivity index (χ1) is 5.95. The third-order valence-electron chi connectivity index (χ3n) is 2.45. The van der Waals surface area contributed by atoms with Gasteiger partial charge in [-0.15, -0.1) is 0 Å². The van der Waals surface area contributed by atoms with Gasteiger partial charge in [0.15, 0.2) is 0 Å². The van der Waals surface area contributed by atoms with E-state index < -0.39 is 0 Å². The molecule has 0 atom stereocenters. The van der Waals surface area contributed by atoms with Gasteiger partial charge in [0.25, 0.3) is 0 Å².